The van der Waals surface area contributed by atoms with Crippen molar-refractivity contribution in [3.8, 4) is 0 Å². The van der Waals surface area contributed by atoms with Gasteiger partial charge in [0.05, 0.1) is 10.9 Å². The van der Waals surface area contributed by atoms with Crippen molar-refractivity contribution in [1.29, 1.82) is 0 Å². The Morgan fingerprint density at radius 1 is 1.29 bits per heavy atom. The lowest BCUT2D eigenvalue weighted by Gasteiger charge is -2.32. The Bertz CT molecular complexity index is 1090. The smallest absolute Gasteiger partial charge is 0.262 e. The van der Waals surface area contributed by atoms with Crippen LogP contribution in [0.1, 0.15) is 42.5 Å². The van der Waals surface area contributed by atoms with Crippen molar-refractivity contribution < 1.29 is 4.79 Å². The summed E-state index contributed by atoms with van der Waals surface area (Å²) < 4.78 is 1.81. The zero-order valence-electron chi connectivity index (χ0n) is 15.8. The minimum atomic E-state index is -0.161. The van der Waals surface area contributed by atoms with Crippen molar-refractivity contribution in [1.82, 2.24) is 14.9 Å². The van der Waals surface area contributed by atoms with Crippen LogP contribution in [0.5, 0.6) is 0 Å². The van der Waals surface area contributed by atoms with Crippen LogP contribution in [-0.2, 0) is 6.54 Å². The molecule has 3 fully saturated rings. The van der Waals surface area contributed by atoms with E-state index in [2.05, 4.69) is 16.9 Å². The molecule has 0 spiro atoms. The highest BCUT2D eigenvalue weighted by atomic mass is 32.1. The maximum Gasteiger partial charge on any atom is 0.262 e. The first-order chi connectivity index (χ1) is 13.6. The maximum atomic E-state index is 12.9. The van der Waals surface area contributed by atoms with Crippen molar-refractivity contribution in [3.63, 3.8) is 0 Å². The summed E-state index contributed by atoms with van der Waals surface area (Å²) in [5.41, 5.74) is 1.02. The molecule has 0 radical (unpaired) electrons. The fourth-order valence-electron chi connectivity index (χ4n) is 6.18. The van der Waals surface area contributed by atoms with Gasteiger partial charge in [0.1, 0.15) is 0 Å². The summed E-state index contributed by atoms with van der Waals surface area (Å²) in [7, 11) is 0. The van der Waals surface area contributed by atoms with Crippen LogP contribution in [-0.4, -0.2) is 21.5 Å². The summed E-state index contributed by atoms with van der Waals surface area (Å²) in [4.78, 5) is 28.6. The van der Waals surface area contributed by atoms with Crippen molar-refractivity contribution in [2.75, 3.05) is 0 Å². The molecule has 146 valence electrons. The molecule has 0 saturated heterocycles. The van der Waals surface area contributed by atoms with Crippen LogP contribution < -0.4 is 10.9 Å². The van der Waals surface area contributed by atoms with Gasteiger partial charge in [-0.2, -0.15) is 0 Å². The number of aromatic amines is 1. The summed E-state index contributed by atoms with van der Waals surface area (Å²) in [6, 6.07) is 5.49. The lowest BCUT2D eigenvalue weighted by Crippen LogP contribution is -2.42. The molecular formula is C22H25N3O2S. The second-order valence-corrected chi connectivity index (χ2v) is 9.02. The number of hydrogen-bond acceptors (Lipinski definition) is 3. The summed E-state index contributed by atoms with van der Waals surface area (Å²) in [5.74, 6) is 3.14. The summed E-state index contributed by atoms with van der Waals surface area (Å²) >= 11 is 5.30. The number of aromatic nitrogens is 2. The molecule has 2 N–H and O–H groups in total. The first-order valence-electron chi connectivity index (χ1n) is 10.3. The van der Waals surface area contributed by atoms with Gasteiger partial charge in [0.25, 0.3) is 11.5 Å². The topological polar surface area (TPSA) is 66.9 Å². The molecule has 2 aromatic rings. The molecule has 5 rings (SSSR count). The van der Waals surface area contributed by atoms with Gasteiger partial charge in [-0.15, -0.1) is 6.58 Å². The molecule has 1 amide bonds. The zero-order valence-corrected chi connectivity index (χ0v) is 16.6. The summed E-state index contributed by atoms with van der Waals surface area (Å²) in [6.45, 7) is 4.03. The molecule has 0 aliphatic heterocycles. The molecular weight excluding hydrogens is 370 g/mol. The van der Waals surface area contributed by atoms with Gasteiger partial charge in [-0.1, -0.05) is 12.5 Å². The first-order valence-corrected chi connectivity index (χ1v) is 10.7. The lowest BCUT2D eigenvalue weighted by molar-refractivity contribution is 0.0901. The van der Waals surface area contributed by atoms with Gasteiger partial charge < -0.3 is 10.3 Å². The average molecular weight is 396 g/mol. The number of carbonyl (C=O) groups excluding carboxylic acids is 1. The minimum Gasteiger partial charge on any atom is -0.349 e. The molecule has 5 atom stereocenters. The standard InChI is InChI=1S/C22H25N3O2S/c1-2-8-25-21(27)16-7-6-12(10-18(16)24-22(25)28)20(26)23-19-11-13-9-17(19)15-5-3-4-14(13)15/h2,6-7,10,13-15,17,19H,1,3-5,8-9,11H2,(H,23,26)(H,24,28)/t13-,14+,15-,17+,19-/m1/s1. The molecule has 28 heavy (non-hydrogen) atoms. The Morgan fingerprint density at radius 2 is 2.11 bits per heavy atom. The molecule has 0 unspecified atom stereocenters. The van der Waals surface area contributed by atoms with Crippen LogP contribution in [0.15, 0.2) is 35.6 Å². The fraction of sp³-hybridized carbons (Fsp3) is 0.500. The van der Waals surface area contributed by atoms with E-state index in [0.29, 0.717) is 39.7 Å². The minimum absolute atomic E-state index is 0.0522. The van der Waals surface area contributed by atoms with E-state index in [0.717, 1.165) is 24.2 Å². The Hall–Kier alpha value is -2.21. The predicted octanol–water partition coefficient (Wildman–Crippen LogP) is 3.80. The number of fused-ring (bicyclic) bond motifs is 6. The lowest BCUT2D eigenvalue weighted by atomic mass is 9.79. The van der Waals surface area contributed by atoms with Gasteiger partial charge in [-0.3, -0.25) is 14.2 Å². The SMILES string of the molecule is C=CCn1c(=S)[nH]c2cc(C(=O)N[C@@H]3C[C@H]4C[C@H]3[C@@H]3CCC[C@@H]43)ccc2c1=O. The second-order valence-electron chi connectivity index (χ2n) is 8.63. The third-order valence-electron chi connectivity index (χ3n) is 7.30. The fourth-order valence-corrected chi connectivity index (χ4v) is 6.44. The van der Waals surface area contributed by atoms with E-state index in [4.69, 9.17) is 12.2 Å². The van der Waals surface area contributed by atoms with Gasteiger partial charge in [0.15, 0.2) is 4.77 Å². The van der Waals surface area contributed by atoms with E-state index < -0.39 is 0 Å². The quantitative estimate of drug-likeness (QED) is 0.611. The Labute approximate surface area is 168 Å². The zero-order chi connectivity index (χ0) is 19.4. The molecule has 6 heteroatoms. The van der Waals surface area contributed by atoms with Crippen LogP contribution in [0.3, 0.4) is 0 Å². The molecule has 3 aliphatic carbocycles. The van der Waals surface area contributed by atoms with Crippen LogP contribution in [0, 0.1) is 28.4 Å². The van der Waals surface area contributed by atoms with Crippen LogP contribution in [0.25, 0.3) is 10.9 Å². The Kier molecular flexibility index (Phi) is 4.27. The normalized spacial score (nSPS) is 30.5. The predicted molar refractivity (Wildman–Crippen MR) is 112 cm³/mol. The number of amides is 1. The van der Waals surface area contributed by atoms with Crippen molar-refractivity contribution >= 4 is 29.0 Å². The molecule has 2 bridgehead atoms. The van der Waals surface area contributed by atoms with E-state index >= 15 is 0 Å². The number of carbonyl (C=O) groups is 1. The van der Waals surface area contributed by atoms with Crippen LogP contribution in [0.4, 0.5) is 0 Å². The Balaban J connectivity index is 1.40. The van der Waals surface area contributed by atoms with Gasteiger partial charge in [-0.05, 0) is 79.8 Å². The monoisotopic (exact) mass is 395 g/mol. The number of benzene rings is 1. The molecule has 5 nitrogen and oxygen atoms in total. The first kappa shape index (κ1) is 17.9. The molecule has 1 heterocycles. The third-order valence-corrected chi connectivity index (χ3v) is 7.62. The number of nitrogens with one attached hydrogen (secondary N) is 2. The number of hydrogen-bond donors (Lipinski definition) is 2. The average Bonchev–Trinajstić information content (AvgIpc) is 3.38. The molecule has 1 aromatic heterocycles. The van der Waals surface area contributed by atoms with Crippen LogP contribution in [0.2, 0.25) is 0 Å². The van der Waals surface area contributed by atoms with E-state index in [9.17, 15) is 9.59 Å². The van der Waals surface area contributed by atoms with Gasteiger partial charge in [-0.25, -0.2) is 0 Å². The second kappa shape index (κ2) is 6.69. The van der Waals surface area contributed by atoms with Crippen molar-refractivity contribution in [2.24, 2.45) is 23.7 Å². The highest BCUT2D eigenvalue weighted by Gasteiger charge is 2.54. The number of H-pyrrole nitrogens is 1. The molecule has 3 aliphatic rings. The van der Waals surface area contributed by atoms with Gasteiger partial charge >= 0.3 is 0 Å². The molecule has 3 saturated carbocycles. The van der Waals surface area contributed by atoms with Crippen molar-refractivity contribution in [3.05, 3.63) is 51.5 Å². The molecule has 1 aromatic carbocycles. The third kappa shape index (κ3) is 2.69. The summed E-state index contributed by atoms with van der Waals surface area (Å²) in [6.07, 6.45) is 8.13. The number of rotatable bonds is 4. The van der Waals surface area contributed by atoms with Crippen LogP contribution >= 0.6 is 12.2 Å². The highest BCUT2D eigenvalue weighted by Crippen LogP contribution is 2.58. The van der Waals surface area contributed by atoms with Gasteiger partial charge in [0, 0.05) is 18.2 Å². The van der Waals surface area contributed by atoms with E-state index in [-0.39, 0.29) is 11.5 Å². The van der Waals surface area contributed by atoms with E-state index in [1.165, 1.54) is 30.3 Å². The van der Waals surface area contributed by atoms with E-state index in [1.54, 1.807) is 24.3 Å². The maximum absolute atomic E-state index is 12.9. The summed E-state index contributed by atoms with van der Waals surface area (Å²) in [5, 5.41) is 3.82. The number of nitrogens with zero attached hydrogens (tertiary/aromatic N) is 1. The van der Waals surface area contributed by atoms with Gasteiger partial charge in [0.2, 0.25) is 0 Å². The largest absolute Gasteiger partial charge is 0.349 e. The highest BCUT2D eigenvalue weighted by molar-refractivity contribution is 7.71. The van der Waals surface area contributed by atoms with Crippen molar-refractivity contribution in [2.45, 2.75) is 44.7 Å². The van der Waals surface area contributed by atoms with E-state index in [1.807, 2.05) is 0 Å². The number of allylic oxidation sites excluding steroid dienone is 1. The Morgan fingerprint density at radius 3 is 2.93 bits per heavy atom.